The summed E-state index contributed by atoms with van der Waals surface area (Å²) in [7, 11) is 0. The van der Waals surface area contributed by atoms with Crippen LogP contribution in [0.2, 0.25) is 0 Å². The third-order valence-corrected chi connectivity index (χ3v) is 4.09. The fourth-order valence-corrected chi connectivity index (χ4v) is 2.85. The summed E-state index contributed by atoms with van der Waals surface area (Å²) in [6.07, 6.45) is 14.4. The summed E-state index contributed by atoms with van der Waals surface area (Å²) in [5.74, 6) is 0.602. The average Bonchev–Trinajstić information content (AvgIpc) is 2.36. The van der Waals surface area contributed by atoms with Crippen LogP contribution in [0.15, 0.2) is 5.10 Å². The predicted octanol–water partition coefficient (Wildman–Crippen LogP) is 3.07. The van der Waals surface area contributed by atoms with Crippen molar-refractivity contribution in [1.82, 2.24) is 5.43 Å². The summed E-state index contributed by atoms with van der Waals surface area (Å²) in [6, 6.07) is 0. The summed E-state index contributed by atoms with van der Waals surface area (Å²) in [5.41, 5.74) is 14.9. The highest BCUT2D eigenvalue weighted by Crippen LogP contribution is 2.22. The summed E-state index contributed by atoms with van der Waals surface area (Å²) in [6.45, 7) is 2.10. The first-order valence-corrected chi connectivity index (χ1v) is 8.01. The third kappa shape index (κ3) is 8.22. The number of nitrogens with one attached hydrogen (secondary N) is 1. The molecular formula is C15H32N4. The van der Waals surface area contributed by atoms with Crippen LogP contribution in [0.4, 0.5) is 0 Å². The van der Waals surface area contributed by atoms with E-state index in [1.165, 1.54) is 70.6 Å². The topological polar surface area (TPSA) is 76.4 Å². The van der Waals surface area contributed by atoms with Crippen LogP contribution in [-0.2, 0) is 0 Å². The second-order valence-electron chi connectivity index (χ2n) is 5.86. The van der Waals surface area contributed by atoms with Crippen LogP contribution in [0.1, 0.15) is 77.6 Å². The van der Waals surface area contributed by atoms with E-state index in [1.54, 1.807) is 0 Å². The van der Waals surface area contributed by atoms with Crippen molar-refractivity contribution in [3.63, 3.8) is 0 Å². The molecule has 5 N–H and O–H groups in total. The van der Waals surface area contributed by atoms with Gasteiger partial charge in [0.15, 0.2) is 0 Å². The molecule has 0 saturated heterocycles. The molecule has 4 nitrogen and oxygen atoms in total. The van der Waals surface area contributed by atoms with Gasteiger partial charge in [-0.1, -0.05) is 57.8 Å². The summed E-state index contributed by atoms with van der Waals surface area (Å²) < 4.78 is 0. The largest absolute Gasteiger partial charge is 0.298 e. The van der Waals surface area contributed by atoms with Gasteiger partial charge >= 0.3 is 0 Å². The van der Waals surface area contributed by atoms with E-state index >= 15 is 0 Å². The van der Waals surface area contributed by atoms with Crippen molar-refractivity contribution < 1.29 is 0 Å². The molecule has 4 heteroatoms. The first-order valence-electron chi connectivity index (χ1n) is 8.01. The second kappa shape index (κ2) is 10.2. The molecule has 0 atom stereocenters. The van der Waals surface area contributed by atoms with E-state index in [4.69, 9.17) is 11.5 Å². The van der Waals surface area contributed by atoms with Crippen LogP contribution in [0.25, 0.3) is 0 Å². The van der Waals surface area contributed by atoms with Gasteiger partial charge in [0.25, 0.3) is 0 Å². The minimum atomic E-state index is -0.554. The molecule has 0 aliphatic heterocycles. The molecule has 0 aromatic rings. The van der Waals surface area contributed by atoms with Crippen molar-refractivity contribution in [3.05, 3.63) is 0 Å². The number of nitrogens with zero attached hydrogens (tertiary/aromatic N) is 1. The quantitative estimate of drug-likeness (QED) is 0.418. The van der Waals surface area contributed by atoms with E-state index in [2.05, 4.69) is 17.5 Å². The number of rotatable bonds is 3. The Balaban J connectivity index is 2.43. The minimum Gasteiger partial charge on any atom is -0.298 e. The van der Waals surface area contributed by atoms with Crippen LogP contribution >= 0.6 is 0 Å². The first kappa shape index (κ1) is 16.4. The molecular weight excluding hydrogens is 236 g/mol. The Kier molecular flexibility index (Phi) is 8.84. The zero-order chi connectivity index (χ0) is 13.9. The SMILES string of the molecule is C/C(=N/NC(N)N)C1CCCCCCCCCCC1. The Labute approximate surface area is 118 Å². The fraction of sp³-hybridized carbons (Fsp3) is 0.933. The maximum Gasteiger partial charge on any atom is 0.142 e. The van der Waals surface area contributed by atoms with Crippen molar-refractivity contribution in [1.29, 1.82) is 0 Å². The average molecular weight is 268 g/mol. The molecule has 1 rings (SSSR count). The zero-order valence-electron chi connectivity index (χ0n) is 12.5. The second-order valence-corrected chi connectivity index (χ2v) is 5.86. The van der Waals surface area contributed by atoms with Gasteiger partial charge < -0.3 is 0 Å². The van der Waals surface area contributed by atoms with Gasteiger partial charge in [-0.3, -0.25) is 16.9 Å². The van der Waals surface area contributed by atoms with Gasteiger partial charge in [-0.05, 0) is 25.7 Å². The summed E-state index contributed by atoms with van der Waals surface area (Å²) in [5, 5.41) is 4.33. The molecule has 1 fully saturated rings. The normalized spacial score (nSPS) is 21.8. The van der Waals surface area contributed by atoms with Crippen LogP contribution < -0.4 is 16.9 Å². The van der Waals surface area contributed by atoms with Gasteiger partial charge in [0.05, 0.1) is 0 Å². The van der Waals surface area contributed by atoms with Crippen LogP contribution in [0, 0.1) is 5.92 Å². The van der Waals surface area contributed by atoms with E-state index < -0.39 is 6.29 Å². The molecule has 1 saturated carbocycles. The molecule has 0 bridgehead atoms. The lowest BCUT2D eigenvalue weighted by Gasteiger charge is -2.18. The molecule has 0 aromatic carbocycles. The van der Waals surface area contributed by atoms with Crippen molar-refractivity contribution in [2.45, 2.75) is 83.8 Å². The highest BCUT2D eigenvalue weighted by Gasteiger charge is 2.13. The lowest BCUT2D eigenvalue weighted by Crippen LogP contribution is -2.42. The van der Waals surface area contributed by atoms with Crippen LogP contribution in [0.5, 0.6) is 0 Å². The maximum atomic E-state index is 5.47. The van der Waals surface area contributed by atoms with Gasteiger partial charge in [0.2, 0.25) is 0 Å². The molecule has 0 heterocycles. The number of hydrogen-bond acceptors (Lipinski definition) is 4. The van der Waals surface area contributed by atoms with Crippen molar-refractivity contribution >= 4 is 5.71 Å². The molecule has 0 radical (unpaired) electrons. The van der Waals surface area contributed by atoms with Gasteiger partial charge in [-0.25, -0.2) is 0 Å². The first-order chi connectivity index (χ1) is 9.20. The fourth-order valence-electron chi connectivity index (χ4n) is 2.85. The molecule has 112 valence electrons. The van der Waals surface area contributed by atoms with Gasteiger partial charge in [0, 0.05) is 5.71 Å². The number of hydrazone groups is 1. The Bertz CT molecular complexity index is 239. The van der Waals surface area contributed by atoms with Gasteiger partial charge in [-0.15, -0.1) is 0 Å². The van der Waals surface area contributed by atoms with E-state index in [9.17, 15) is 0 Å². The Morgan fingerprint density at radius 2 is 1.32 bits per heavy atom. The highest BCUT2D eigenvalue weighted by molar-refractivity contribution is 5.84. The Morgan fingerprint density at radius 1 is 0.895 bits per heavy atom. The van der Waals surface area contributed by atoms with Crippen molar-refractivity contribution in [2.24, 2.45) is 22.5 Å². The van der Waals surface area contributed by atoms with E-state index in [0.29, 0.717) is 5.92 Å². The Hall–Kier alpha value is -0.610. The van der Waals surface area contributed by atoms with E-state index in [1.807, 2.05) is 0 Å². The lowest BCUT2D eigenvalue weighted by atomic mass is 9.90. The molecule has 1 aliphatic rings. The molecule has 19 heavy (non-hydrogen) atoms. The zero-order valence-corrected chi connectivity index (χ0v) is 12.5. The minimum absolute atomic E-state index is 0.554. The van der Waals surface area contributed by atoms with Crippen molar-refractivity contribution in [2.75, 3.05) is 0 Å². The Morgan fingerprint density at radius 3 is 1.74 bits per heavy atom. The van der Waals surface area contributed by atoms with Crippen LogP contribution in [0.3, 0.4) is 0 Å². The molecule has 0 unspecified atom stereocenters. The molecule has 0 amide bonds. The maximum absolute atomic E-state index is 5.47. The number of nitrogens with two attached hydrogens (primary N) is 2. The van der Waals surface area contributed by atoms with E-state index in [0.717, 1.165) is 5.71 Å². The highest BCUT2D eigenvalue weighted by atomic mass is 15.4. The third-order valence-electron chi connectivity index (χ3n) is 4.09. The molecule has 1 aliphatic carbocycles. The van der Waals surface area contributed by atoms with Gasteiger partial charge in [0.1, 0.15) is 6.29 Å². The summed E-state index contributed by atoms with van der Waals surface area (Å²) in [4.78, 5) is 0. The molecule has 0 aromatic heterocycles. The monoisotopic (exact) mass is 268 g/mol. The number of hydrogen-bond donors (Lipinski definition) is 3. The van der Waals surface area contributed by atoms with E-state index in [-0.39, 0.29) is 0 Å². The molecule has 0 spiro atoms. The summed E-state index contributed by atoms with van der Waals surface area (Å²) >= 11 is 0. The predicted molar refractivity (Wildman–Crippen MR) is 82.7 cm³/mol. The van der Waals surface area contributed by atoms with Crippen LogP contribution in [-0.4, -0.2) is 12.0 Å². The van der Waals surface area contributed by atoms with Crippen molar-refractivity contribution in [3.8, 4) is 0 Å². The smallest absolute Gasteiger partial charge is 0.142 e. The van der Waals surface area contributed by atoms with Gasteiger partial charge in [-0.2, -0.15) is 5.10 Å². The standard InChI is InChI=1S/C15H32N4/c1-13(18-19-15(16)17)14-11-9-7-5-3-2-4-6-8-10-12-14/h14-15,19H,2-12,16-17H2,1H3/b18-13-. The lowest BCUT2D eigenvalue weighted by molar-refractivity contribution is 0.460.